The van der Waals surface area contributed by atoms with E-state index in [4.69, 9.17) is 10.5 Å². The second-order valence-corrected chi connectivity index (χ2v) is 5.70. The van der Waals surface area contributed by atoms with Gasteiger partial charge in [0.05, 0.1) is 18.8 Å². The van der Waals surface area contributed by atoms with Crippen LogP contribution in [-0.4, -0.2) is 31.2 Å². The maximum Gasteiger partial charge on any atom is 0.240 e. The summed E-state index contributed by atoms with van der Waals surface area (Å²) in [5.41, 5.74) is 5.66. The monoisotopic (exact) mass is 226 g/mol. The van der Waals surface area contributed by atoms with Gasteiger partial charge in [0, 0.05) is 12.0 Å². The Hall–Kier alpha value is -0.610. The Labute approximate surface area is 96.9 Å². The van der Waals surface area contributed by atoms with Gasteiger partial charge in [-0.2, -0.15) is 0 Å². The fourth-order valence-corrected chi connectivity index (χ4v) is 2.43. The average Bonchev–Trinajstić information content (AvgIpc) is 2.24. The number of carbonyl (C=O) groups excluding carboxylic acids is 1. The zero-order chi connectivity index (χ0) is 11.6. The van der Waals surface area contributed by atoms with Gasteiger partial charge in [0.1, 0.15) is 0 Å². The summed E-state index contributed by atoms with van der Waals surface area (Å²) in [7, 11) is 0. The van der Waals surface area contributed by atoms with E-state index in [1.165, 1.54) is 6.42 Å². The molecule has 1 saturated heterocycles. The zero-order valence-electron chi connectivity index (χ0n) is 10.1. The van der Waals surface area contributed by atoms with Crippen LogP contribution in [0.1, 0.15) is 39.0 Å². The maximum atomic E-state index is 12.0. The van der Waals surface area contributed by atoms with Gasteiger partial charge < -0.3 is 15.8 Å². The summed E-state index contributed by atoms with van der Waals surface area (Å²) in [4.78, 5) is 12.0. The number of nitrogens with one attached hydrogen (secondary N) is 1. The van der Waals surface area contributed by atoms with E-state index < -0.39 is 5.54 Å². The van der Waals surface area contributed by atoms with Gasteiger partial charge in [0.2, 0.25) is 5.91 Å². The van der Waals surface area contributed by atoms with Crippen LogP contribution < -0.4 is 11.1 Å². The number of ether oxygens (including phenoxy) is 1. The van der Waals surface area contributed by atoms with E-state index in [1.807, 2.05) is 0 Å². The van der Waals surface area contributed by atoms with Crippen molar-refractivity contribution in [3.8, 4) is 0 Å². The Balaban J connectivity index is 1.82. The van der Waals surface area contributed by atoms with Crippen LogP contribution in [0, 0.1) is 5.41 Å². The highest BCUT2D eigenvalue weighted by Gasteiger charge is 2.38. The molecule has 4 heteroatoms. The SMILES string of the molecule is CC1(CNC(=O)C2(N)CCCCC2)COC1. The molecular weight excluding hydrogens is 204 g/mol. The Morgan fingerprint density at radius 3 is 2.44 bits per heavy atom. The Morgan fingerprint density at radius 1 is 1.31 bits per heavy atom. The second-order valence-electron chi connectivity index (χ2n) is 5.70. The number of nitrogens with two attached hydrogens (primary N) is 1. The van der Waals surface area contributed by atoms with Crippen LogP contribution >= 0.6 is 0 Å². The van der Waals surface area contributed by atoms with Crippen molar-refractivity contribution in [2.75, 3.05) is 19.8 Å². The quantitative estimate of drug-likeness (QED) is 0.748. The number of hydrogen-bond acceptors (Lipinski definition) is 3. The van der Waals surface area contributed by atoms with Gasteiger partial charge in [-0.05, 0) is 12.8 Å². The summed E-state index contributed by atoms with van der Waals surface area (Å²) >= 11 is 0. The summed E-state index contributed by atoms with van der Waals surface area (Å²) in [6.07, 6.45) is 5.00. The lowest BCUT2D eigenvalue weighted by Gasteiger charge is -2.39. The van der Waals surface area contributed by atoms with E-state index in [0.717, 1.165) is 38.9 Å². The van der Waals surface area contributed by atoms with Gasteiger partial charge in [-0.1, -0.05) is 26.2 Å². The van der Waals surface area contributed by atoms with Crippen LogP contribution in [0.15, 0.2) is 0 Å². The molecule has 0 spiro atoms. The van der Waals surface area contributed by atoms with E-state index in [0.29, 0.717) is 6.54 Å². The Morgan fingerprint density at radius 2 is 1.94 bits per heavy atom. The topological polar surface area (TPSA) is 64.4 Å². The molecule has 2 aliphatic rings. The van der Waals surface area contributed by atoms with E-state index >= 15 is 0 Å². The molecule has 4 nitrogen and oxygen atoms in total. The molecule has 3 N–H and O–H groups in total. The highest BCUT2D eigenvalue weighted by Crippen LogP contribution is 2.28. The molecule has 1 aliphatic heterocycles. The van der Waals surface area contributed by atoms with Gasteiger partial charge >= 0.3 is 0 Å². The minimum absolute atomic E-state index is 0.0281. The minimum Gasteiger partial charge on any atom is -0.380 e. The molecule has 0 unspecified atom stereocenters. The van der Waals surface area contributed by atoms with Crippen molar-refractivity contribution in [1.82, 2.24) is 5.32 Å². The van der Waals surface area contributed by atoms with Gasteiger partial charge in [-0.15, -0.1) is 0 Å². The first-order valence-electron chi connectivity index (χ1n) is 6.19. The molecule has 1 saturated carbocycles. The molecule has 0 aromatic carbocycles. The summed E-state index contributed by atoms with van der Waals surface area (Å²) in [6, 6.07) is 0. The molecular formula is C12H22N2O2. The Kier molecular flexibility index (Phi) is 3.22. The molecule has 2 rings (SSSR count). The third-order valence-corrected chi connectivity index (χ3v) is 3.77. The molecule has 1 aliphatic carbocycles. The van der Waals surface area contributed by atoms with Crippen LogP contribution in [0.4, 0.5) is 0 Å². The number of rotatable bonds is 3. The fraction of sp³-hybridized carbons (Fsp3) is 0.917. The lowest BCUT2D eigenvalue weighted by Crippen LogP contribution is -2.58. The van der Waals surface area contributed by atoms with Crippen molar-refractivity contribution in [2.24, 2.45) is 11.1 Å². The van der Waals surface area contributed by atoms with Gasteiger partial charge in [-0.3, -0.25) is 4.79 Å². The number of hydrogen-bond donors (Lipinski definition) is 2. The van der Waals surface area contributed by atoms with Gasteiger partial charge in [-0.25, -0.2) is 0 Å². The van der Waals surface area contributed by atoms with Crippen molar-refractivity contribution in [1.29, 1.82) is 0 Å². The number of amides is 1. The van der Waals surface area contributed by atoms with Crippen molar-refractivity contribution >= 4 is 5.91 Å². The van der Waals surface area contributed by atoms with Crippen LogP contribution in [0.5, 0.6) is 0 Å². The minimum atomic E-state index is -0.612. The van der Waals surface area contributed by atoms with E-state index in [2.05, 4.69) is 12.2 Å². The molecule has 0 bridgehead atoms. The summed E-state index contributed by atoms with van der Waals surface area (Å²) < 4.78 is 5.16. The standard InChI is InChI=1S/C12H22N2O2/c1-11(8-16-9-11)7-14-10(15)12(13)5-3-2-4-6-12/h2-9,13H2,1H3,(H,14,15). The average molecular weight is 226 g/mol. The normalized spacial score (nSPS) is 26.9. The predicted molar refractivity (Wildman–Crippen MR) is 61.9 cm³/mol. The highest BCUT2D eigenvalue weighted by molar-refractivity contribution is 5.86. The van der Waals surface area contributed by atoms with E-state index in [9.17, 15) is 4.79 Å². The zero-order valence-corrected chi connectivity index (χ0v) is 10.1. The fourth-order valence-electron chi connectivity index (χ4n) is 2.43. The smallest absolute Gasteiger partial charge is 0.240 e. The molecule has 0 aromatic heterocycles. The maximum absolute atomic E-state index is 12.0. The highest BCUT2D eigenvalue weighted by atomic mass is 16.5. The van der Waals surface area contributed by atoms with Crippen molar-refractivity contribution < 1.29 is 9.53 Å². The molecule has 0 atom stereocenters. The van der Waals surface area contributed by atoms with Crippen LogP contribution in [-0.2, 0) is 9.53 Å². The molecule has 0 aromatic rings. The van der Waals surface area contributed by atoms with E-state index in [-0.39, 0.29) is 11.3 Å². The molecule has 16 heavy (non-hydrogen) atoms. The lowest BCUT2D eigenvalue weighted by molar-refractivity contribution is -0.132. The first-order chi connectivity index (χ1) is 7.54. The van der Waals surface area contributed by atoms with Crippen LogP contribution in [0.3, 0.4) is 0 Å². The van der Waals surface area contributed by atoms with Crippen LogP contribution in [0.2, 0.25) is 0 Å². The van der Waals surface area contributed by atoms with Gasteiger partial charge in [0.25, 0.3) is 0 Å². The lowest BCUT2D eigenvalue weighted by atomic mass is 9.81. The molecule has 92 valence electrons. The van der Waals surface area contributed by atoms with Crippen molar-refractivity contribution in [3.63, 3.8) is 0 Å². The summed E-state index contributed by atoms with van der Waals surface area (Å²) in [5, 5.41) is 2.99. The Bertz CT molecular complexity index is 268. The summed E-state index contributed by atoms with van der Waals surface area (Å²) in [6.45, 7) is 4.29. The molecule has 1 amide bonds. The van der Waals surface area contributed by atoms with Crippen molar-refractivity contribution in [2.45, 2.75) is 44.6 Å². The molecule has 1 heterocycles. The second kappa shape index (κ2) is 4.34. The van der Waals surface area contributed by atoms with E-state index in [1.54, 1.807) is 0 Å². The largest absolute Gasteiger partial charge is 0.380 e. The summed E-state index contributed by atoms with van der Waals surface area (Å²) in [5.74, 6) is 0.0281. The first-order valence-corrected chi connectivity index (χ1v) is 6.19. The third-order valence-electron chi connectivity index (χ3n) is 3.77. The molecule has 0 radical (unpaired) electrons. The van der Waals surface area contributed by atoms with Gasteiger partial charge in [0.15, 0.2) is 0 Å². The van der Waals surface area contributed by atoms with Crippen molar-refractivity contribution in [3.05, 3.63) is 0 Å². The van der Waals surface area contributed by atoms with Crippen LogP contribution in [0.25, 0.3) is 0 Å². The number of carbonyl (C=O) groups is 1. The third kappa shape index (κ3) is 2.38. The molecule has 2 fully saturated rings. The predicted octanol–water partition coefficient (Wildman–Crippen LogP) is 0.801. The first kappa shape index (κ1) is 11.9.